The van der Waals surface area contributed by atoms with Gasteiger partial charge in [0.2, 0.25) is 0 Å². The number of fused-ring (bicyclic) bond motifs is 1. The van der Waals surface area contributed by atoms with E-state index in [-0.39, 0.29) is 17.3 Å². The molecule has 0 radical (unpaired) electrons. The molecule has 6 nitrogen and oxygen atoms in total. The minimum atomic E-state index is -0.237. The Labute approximate surface area is 167 Å². The van der Waals surface area contributed by atoms with Crippen LogP contribution in [-0.4, -0.2) is 32.8 Å². The maximum Gasteiger partial charge on any atom is 0.147 e. The van der Waals surface area contributed by atoms with Gasteiger partial charge in [-0.15, -0.1) is 0 Å². The fourth-order valence-corrected chi connectivity index (χ4v) is 4.97. The van der Waals surface area contributed by atoms with Crippen molar-refractivity contribution in [3.05, 3.63) is 60.4 Å². The Balaban J connectivity index is 1.23. The Hall–Kier alpha value is -2.45. The van der Waals surface area contributed by atoms with Gasteiger partial charge in [0.1, 0.15) is 16.7 Å². The molecule has 5 rings (SSSR count). The van der Waals surface area contributed by atoms with Gasteiger partial charge in [0, 0.05) is 36.1 Å². The van der Waals surface area contributed by atoms with E-state index in [9.17, 15) is 4.39 Å². The predicted octanol–water partition coefficient (Wildman–Crippen LogP) is 3.26. The number of piperidine rings is 1. The predicted molar refractivity (Wildman–Crippen MR) is 106 cm³/mol. The zero-order valence-electron chi connectivity index (χ0n) is 15.3. The molecule has 2 N–H and O–H groups in total. The van der Waals surface area contributed by atoms with Gasteiger partial charge in [-0.1, -0.05) is 11.8 Å². The summed E-state index contributed by atoms with van der Waals surface area (Å²) in [6.07, 6.45) is 7.48. The molecule has 1 aromatic carbocycles. The third-order valence-corrected chi connectivity index (χ3v) is 6.85. The van der Waals surface area contributed by atoms with Crippen molar-refractivity contribution in [3.8, 4) is 0 Å². The van der Waals surface area contributed by atoms with Gasteiger partial charge in [0.05, 0.1) is 24.1 Å². The molecule has 1 atom stereocenters. The summed E-state index contributed by atoms with van der Waals surface area (Å²) in [5, 5.41) is 5.20. The van der Waals surface area contributed by atoms with Gasteiger partial charge in [-0.05, 0) is 43.2 Å². The molecule has 0 unspecified atom stereocenters. The van der Waals surface area contributed by atoms with Gasteiger partial charge in [-0.2, -0.15) is 5.10 Å². The third-order valence-electron chi connectivity index (χ3n) is 5.93. The second kappa shape index (κ2) is 6.86. The number of nitrogens with zero attached hydrogens (tertiary/aromatic N) is 5. The van der Waals surface area contributed by atoms with Crippen LogP contribution in [0.5, 0.6) is 0 Å². The third kappa shape index (κ3) is 3.06. The Morgan fingerprint density at radius 1 is 1.07 bits per heavy atom. The van der Waals surface area contributed by atoms with Crippen molar-refractivity contribution in [3.63, 3.8) is 0 Å². The van der Waals surface area contributed by atoms with Crippen LogP contribution in [0, 0.1) is 11.2 Å². The molecule has 0 aliphatic carbocycles. The van der Waals surface area contributed by atoms with Crippen LogP contribution in [0.2, 0.25) is 0 Å². The lowest BCUT2D eigenvalue weighted by Crippen LogP contribution is -2.45. The summed E-state index contributed by atoms with van der Waals surface area (Å²) in [6, 6.07) is 8.48. The van der Waals surface area contributed by atoms with Crippen LogP contribution < -0.4 is 10.6 Å². The number of benzene rings is 1. The molecule has 4 heterocycles. The zero-order chi connectivity index (χ0) is 19.1. The van der Waals surface area contributed by atoms with Crippen LogP contribution in [0.1, 0.15) is 24.6 Å². The molecule has 3 aromatic rings. The van der Waals surface area contributed by atoms with E-state index in [2.05, 4.69) is 24.6 Å². The molecule has 144 valence electrons. The summed E-state index contributed by atoms with van der Waals surface area (Å²) in [5.74, 6) is 0.654. The Morgan fingerprint density at radius 2 is 1.86 bits per heavy atom. The number of hydrogen-bond donors (Lipinski definition) is 1. The van der Waals surface area contributed by atoms with Crippen LogP contribution in [0.25, 0.3) is 0 Å². The number of anilines is 1. The first-order valence-electron chi connectivity index (χ1n) is 9.41. The van der Waals surface area contributed by atoms with Crippen molar-refractivity contribution in [2.24, 2.45) is 11.1 Å². The average Bonchev–Trinajstić information content (AvgIpc) is 3.27. The zero-order valence-corrected chi connectivity index (χ0v) is 16.1. The van der Waals surface area contributed by atoms with Crippen molar-refractivity contribution >= 4 is 17.6 Å². The van der Waals surface area contributed by atoms with Gasteiger partial charge in [0.25, 0.3) is 0 Å². The maximum absolute atomic E-state index is 13.0. The van der Waals surface area contributed by atoms with Crippen molar-refractivity contribution in [1.82, 2.24) is 19.7 Å². The van der Waals surface area contributed by atoms with E-state index in [0.29, 0.717) is 0 Å². The Kier molecular flexibility index (Phi) is 4.32. The Bertz CT molecular complexity index is 963. The molecule has 1 spiro atoms. The van der Waals surface area contributed by atoms with Gasteiger partial charge < -0.3 is 10.6 Å². The second-order valence-corrected chi connectivity index (χ2v) is 8.60. The Morgan fingerprint density at radius 3 is 2.54 bits per heavy atom. The topological polar surface area (TPSA) is 72.9 Å². The highest BCUT2D eigenvalue weighted by atomic mass is 32.2. The number of aromatic nitrogens is 4. The maximum atomic E-state index is 13.0. The summed E-state index contributed by atoms with van der Waals surface area (Å²) >= 11 is 1.48. The standard InChI is InChI=1S/C20H21FN6S/c21-14-1-3-15(4-2-14)28-18-12-23-17(11-24-18)26-9-6-20(7-10-26)13-27-16(19(20)22)5-8-25-27/h1-5,8,11-12,19H,6-7,9-10,13,22H2/t19-/m1/s1. The van der Waals surface area contributed by atoms with E-state index in [1.165, 1.54) is 23.9 Å². The first-order valence-corrected chi connectivity index (χ1v) is 10.2. The summed E-state index contributed by atoms with van der Waals surface area (Å²) < 4.78 is 15.1. The molecule has 0 amide bonds. The monoisotopic (exact) mass is 396 g/mol. The van der Waals surface area contributed by atoms with Crippen molar-refractivity contribution < 1.29 is 4.39 Å². The van der Waals surface area contributed by atoms with Crippen molar-refractivity contribution in [2.75, 3.05) is 18.0 Å². The van der Waals surface area contributed by atoms with Crippen LogP contribution in [0.3, 0.4) is 0 Å². The largest absolute Gasteiger partial charge is 0.355 e. The van der Waals surface area contributed by atoms with E-state index in [1.54, 1.807) is 18.3 Å². The van der Waals surface area contributed by atoms with E-state index < -0.39 is 0 Å². The van der Waals surface area contributed by atoms with Gasteiger partial charge in [-0.25, -0.2) is 14.4 Å². The second-order valence-electron chi connectivity index (χ2n) is 7.51. The van der Waals surface area contributed by atoms with E-state index >= 15 is 0 Å². The molecular formula is C20H21FN6S. The molecule has 2 aliphatic heterocycles. The molecule has 8 heteroatoms. The lowest BCUT2D eigenvalue weighted by atomic mass is 9.73. The number of hydrogen-bond acceptors (Lipinski definition) is 6. The molecule has 1 saturated heterocycles. The lowest BCUT2D eigenvalue weighted by molar-refractivity contribution is 0.170. The van der Waals surface area contributed by atoms with E-state index in [0.717, 1.165) is 53.9 Å². The number of nitrogens with two attached hydrogens (primary N) is 1. The summed E-state index contributed by atoms with van der Waals surface area (Å²) in [6.45, 7) is 2.73. The minimum absolute atomic E-state index is 0.0534. The first-order chi connectivity index (χ1) is 13.6. The molecule has 2 aromatic heterocycles. The highest BCUT2D eigenvalue weighted by molar-refractivity contribution is 7.99. The molecule has 0 bridgehead atoms. The minimum Gasteiger partial charge on any atom is -0.355 e. The van der Waals surface area contributed by atoms with Crippen LogP contribution in [0.15, 0.2) is 58.8 Å². The van der Waals surface area contributed by atoms with Crippen molar-refractivity contribution in [2.45, 2.75) is 35.3 Å². The van der Waals surface area contributed by atoms with Crippen LogP contribution >= 0.6 is 11.8 Å². The highest BCUT2D eigenvalue weighted by Gasteiger charge is 2.46. The van der Waals surface area contributed by atoms with Gasteiger partial charge >= 0.3 is 0 Å². The fraction of sp³-hybridized carbons (Fsp3) is 0.350. The molecular weight excluding hydrogens is 375 g/mol. The highest BCUT2D eigenvalue weighted by Crippen LogP contribution is 2.47. The quantitative estimate of drug-likeness (QED) is 0.733. The summed E-state index contributed by atoms with van der Waals surface area (Å²) in [7, 11) is 0. The van der Waals surface area contributed by atoms with Gasteiger partial charge in [0.15, 0.2) is 0 Å². The first kappa shape index (κ1) is 17.6. The lowest BCUT2D eigenvalue weighted by Gasteiger charge is -2.41. The van der Waals surface area contributed by atoms with Crippen LogP contribution in [0.4, 0.5) is 10.2 Å². The number of halogens is 1. The molecule has 0 saturated carbocycles. The molecule has 2 aliphatic rings. The van der Waals surface area contributed by atoms with Gasteiger partial charge in [-0.3, -0.25) is 4.68 Å². The normalized spacial score (nSPS) is 20.5. The van der Waals surface area contributed by atoms with Crippen molar-refractivity contribution in [1.29, 1.82) is 0 Å². The molecule has 28 heavy (non-hydrogen) atoms. The average molecular weight is 396 g/mol. The molecule has 1 fully saturated rings. The summed E-state index contributed by atoms with van der Waals surface area (Å²) in [5.41, 5.74) is 7.81. The fourth-order valence-electron chi connectivity index (χ4n) is 4.25. The van der Waals surface area contributed by atoms with E-state index in [1.807, 2.05) is 18.5 Å². The number of rotatable bonds is 3. The van der Waals surface area contributed by atoms with Crippen LogP contribution in [-0.2, 0) is 6.54 Å². The smallest absolute Gasteiger partial charge is 0.147 e. The summed E-state index contributed by atoms with van der Waals surface area (Å²) in [4.78, 5) is 12.3. The SMILES string of the molecule is N[C@@H]1c2ccnn2CC12CCN(c1cnc(Sc3ccc(F)cc3)cn1)CC2. The van der Waals surface area contributed by atoms with E-state index in [4.69, 9.17) is 5.73 Å².